The number of rotatable bonds is 7. The van der Waals surface area contributed by atoms with Gasteiger partial charge in [-0.05, 0) is 25.5 Å². The minimum atomic E-state index is -3.15. The molecule has 1 aromatic heterocycles. The van der Waals surface area contributed by atoms with Crippen LogP contribution in [-0.4, -0.2) is 74.0 Å². The largest absolute Gasteiger partial charge is 0.465 e. The van der Waals surface area contributed by atoms with Crippen molar-refractivity contribution in [2.45, 2.75) is 45.3 Å². The Labute approximate surface area is 155 Å². The maximum atomic E-state index is 12.6. The molecular weight excluding hydrogens is 356 g/mol. The number of fused-ring (bicyclic) bond motifs is 1. The third kappa shape index (κ3) is 4.47. The molecule has 1 amide bonds. The summed E-state index contributed by atoms with van der Waals surface area (Å²) in [6.07, 6.45) is 1.94. The fraction of sp³-hybridized carbons (Fsp3) is 0.722. The number of nitrogens with zero attached hydrogens (tertiary/aromatic N) is 2. The molecule has 0 aromatic carbocycles. The topological polar surface area (TPSA) is 80.1 Å². The Bertz CT molecular complexity index is 730. The van der Waals surface area contributed by atoms with Crippen LogP contribution in [0.3, 0.4) is 0 Å². The molecule has 0 aliphatic carbocycles. The molecule has 8 heteroatoms. The molecule has 1 aromatic rings. The first kappa shape index (κ1) is 19.4. The van der Waals surface area contributed by atoms with Crippen molar-refractivity contribution in [2.75, 3.05) is 37.8 Å². The minimum absolute atomic E-state index is 0.0284. The third-order valence-electron chi connectivity index (χ3n) is 5.13. The van der Waals surface area contributed by atoms with E-state index in [1.165, 1.54) is 0 Å². The lowest BCUT2D eigenvalue weighted by Gasteiger charge is -2.43. The average molecular weight is 384 g/mol. The van der Waals surface area contributed by atoms with E-state index in [2.05, 4.69) is 11.8 Å². The van der Waals surface area contributed by atoms with E-state index in [1.807, 2.05) is 19.1 Å². The van der Waals surface area contributed by atoms with Gasteiger partial charge in [-0.25, -0.2) is 8.42 Å². The van der Waals surface area contributed by atoms with Crippen molar-refractivity contribution in [3.63, 3.8) is 0 Å². The van der Waals surface area contributed by atoms with Crippen LogP contribution < -0.4 is 0 Å². The summed E-state index contributed by atoms with van der Waals surface area (Å²) in [5.74, 6) is 1.69. The molecule has 3 rings (SSSR count). The van der Waals surface area contributed by atoms with Gasteiger partial charge in [-0.3, -0.25) is 9.69 Å². The zero-order chi connectivity index (χ0) is 18.7. The van der Waals surface area contributed by atoms with Crippen molar-refractivity contribution in [3.8, 4) is 0 Å². The SMILES string of the molecule is CCCCOCC(=O)N1CCN(Cc2ccc(C)o2)[C@@H]2CS(=O)(=O)C[C@@H]21. The van der Waals surface area contributed by atoms with Gasteiger partial charge in [0.2, 0.25) is 5.91 Å². The first-order valence-electron chi connectivity index (χ1n) is 9.26. The highest BCUT2D eigenvalue weighted by molar-refractivity contribution is 7.91. The van der Waals surface area contributed by atoms with Crippen LogP contribution in [-0.2, 0) is 25.9 Å². The minimum Gasteiger partial charge on any atom is -0.465 e. The van der Waals surface area contributed by atoms with Gasteiger partial charge in [0.05, 0.1) is 24.1 Å². The van der Waals surface area contributed by atoms with Crippen LogP contribution in [0.5, 0.6) is 0 Å². The van der Waals surface area contributed by atoms with Crippen LogP contribution in [0.1, 0.15) is 31.3 Å². The predicted molar refractivity (Wildman–Crippen MR) is 97.5 cm³/mol. The van der Waals surface area contributed by atoms with E-state index >= 15 is 0 Å². The number of ether oxygens (including phenoxy) is 1. The molecule has 26 heavy (non-hydrogen) atoms. The van der Waals surface area contributed by atoms with Gasteiger partial charge in [-0.1, -0.05) is 13.3 Å². The number of aryl methyl sites for hydroxylation is 1. The summed E-state index contributed by atoms with van der Waals surface area (Å²) in [4.78, 5) is 16.4. The number of unbranched alkanes of at least 4 members (excludes halogenated alkanes) is 1. The summed E-state index contributed by atoms with van der Waals surface area (Å²) < 4.78 is 35.6. The molecule has 7 nitrogen and oxygen atoms in total. The Morgan fingerprint density at radius 2 is 2.04 bits per heavy atom. The van der Waals surface area contributed by atoms with Gasteiger partial charge >= 0.3 is 0 Å². The van der Waals surface area contributed by atoms with Gasteiger partial charge in [-0.15, -0.1) is 0 Å². The average Bonchev–Trinajstić information content (AvgIpc) is 3.13. The smallest absolute Gasteiger partial charge is 0.248 e. The quantitative estimate of drug-likeness (QED) is 0.658. The fourth-order valence-electron chi connectivity index (χ4n) is 3.79. The normalized spacial score (nSPS) is 25.4. The highest BCUT2D eigenvalue weighted by atomic mass is 32.2. The Hall–Kier alpha value is -1.38. The maximum absolute atomic E-state index is 12.6. The van der Waals surface area contributed by atoms with Gasteiger partial charge in [0, 0.05) is 25.7 Å². The number of carbonyl (C=O) groups is 1. The van der Waals surface area contributed by atoms with Gasteiger partial charge < -0.3 is 14.1 Å². The molecule has 0 unspecified atom stereocenters. The number of amides is 1. The summed E-state index contributed by atoms with van der Waals surface area (Å²) in [6, 6.07) is 3.35. The van der Waals surface area contributed by atoms with Gasteiger partial charge in [0.1, 0.15) is 18.1 Å². The van der Waals surface area contributed by atoms with Crippen molar-refractivity contribution in [2.24, 2.45) is 0 Å². The lowest BCUT2D eigenvalue weighted by Crippen LogP contribution is -2.60. The van der Waals surface area contributed by atoms with Crippen molar-refractivity contribution in [1.82, 2.24) is 9.80 Å². The number of hydrogen-bond donors (Lipinski definition) is 0. The number of carbonyl (C=O) groups excluding carboxylic acids is 1. The van der Waals surface area contributed by atoms with Gasteiger partial charge in [0.25, 0.3) is 0 Å². The Kier molecular flexibility index (Phi) is 6.04. The van der Waals surface area contributed by atoms with Crippen LogP contribution in [0.4, 0.5) is 0 Å². The molecule has 2 saturated heterocycles. The molecule has 0 radical (unpaired) electrons. The molecule has 2 fully saturated rings. The lowest BCUT2D eigenvalue weighted by molar-refractivity contribution is -0.142. The van der Waals surface area contributed by atoms with Crippen molar-refractivity contribution in [3.05, 3.63) is 23.7 Å². The van der Waals surface area contributed by atoms with Crippen LogP contribution in [0.25, 0.3) is 0 Å². The van der Waals surface area contributed by atoms with Crippen LogP contribution in [0, 0.1) is 6.92 Å². The fourth-order valence-corrected chi connectivity index (χ4v) is 5.80. The molecule has 0 N–H and O–H groups in total. The van der Waals surface area contributed by atoms with Gasteiger partial charge in [-0.2, -0.15) is 0 Å². The van der Waals surface area contributed by atoms with Crippen LogP contribution in [0.15, 0.2) is 16.5 Å². The second-order valence-corrected chi connectivity index (χ2v) is 9.34. The third-order valence-corrected chi connectivity index (χ3v) is 6.83. The van der Waals surface area contributed by atoms with E-state index in [-0.39, 0.29) is 36.1 Å². The second kappa shape index (κ2) is 8.10. The van der Waals surface area contributed by atoms with E-state index in [1.54, 1.807) is 4.90 Å². The first-order valence-corrected chi connectivity index (χ1v) is 11.1. The number of piperazine rings is 1. The highest BCUT2D eigenvalue weighted by Crippen LogP contribution is 2.28. The van der Waals surface area contributed by atoms with E-state index in [0.717, 1.165) is 24.4 Å². The van der Waals surface area contributed by atoms with Crippen molar-refractivity contribution in [1.29, 1.82) is 0 Å². The van der Waals surface area contributed by atoms with E-state index in [4.69, 9.17) is 9.15 Å². The maximum Gasteiger partial charge on any atom is 0.248 e. The molecule has 2 aliphatic heterocycles. The van der Waals surface area contributed by atoms with E-state index < -0.39 is 9.84 Å². The lowest BCUT2D eigenvalue weighted by atomic mass is 10.0. The molecule has 146 valence electrons. The molecular formula is C18H28N2O5S. The summed E-state index contributed by atoms with van der Waals surface area (Å²) in [5.41, 5.74) is 0. The Morgan fingerprint density at radius 1 is 1.27 bits per heavy atom. The predicted octanol–water partition coefficient (Wildman–Crippen LogP) is 1.21. The Balaban J connectivity index is 1.67. The van der Waals surface area contributed by atoms with Crippen molar-refractivity contribution < 1.29 is 22.4 Å². The molecule has 0 bridgehead atoms. The van der Waals surface area contributed by atoms with Crippen LogP contribution in [0.2, 0.25) is 0 Å². The summed E-state index contributed by atoms with van der Waals surface area (Å²) in [6.45, 7) is 6.27. The summed E-state index contributed by atoms with van der Waals surface area (Å²) in [5, 5.41) is 0. The number of furan rings is 1. The molecule has 0 spiro atoms. The van der Waals surface area contributed by atoms with E-state index in [0.29, 0.717) is 26.2 Å². The molecule has 0 saturated carbocycles. The zero-order valence-electron chi connectivity index (χ0n) is 15.5. The monoisotopic (exact) mass is 384 g/mol. The second-order valence-electron chi connectivity index (χ2n) is 7.19. The Morgan fingerprint density at radius 3 is 2.73 bits per heavy atom. The number of sulfone groups is 1. The molecule has 2 aliphatic rings. The van der Waals surface area contributed by atoms with Gasteiger partial charge in [0.15, 0.2) is 9.84 Å². The summed E-state index contributed by atoms with van der Waals surface area (Å²) >= 11 is 0. The standard InChI is InChI=1S/C18H28N2O5S/c1-3-4-9-24-11-18(21)20-8-7-19(10-15-6-5-14(2)25-15)16-12-26(22,23)13-17(16)20/h5-6,16-17H,3-4,7-13H2,1-2H3/t16-,17+/m1/s1. The highest BCUT2D eigenvalue weighted by Gasteiger charge is 2.48. The zero-order valence-corrected chi connectivity index (χ0v) is 16.3. The van der Waals surface area contributed by atoms with Crippen molar-refractivity contribution >= 4 is 15.7 Å². The number of hydrogen-bond acceptors (Lipinski definition) is 6. The molecule has 2 atom stereocenters. The first-order chi connectivity index (χ1) is 12.4. The molecule has 3 heterocycles. The van der Waals surface area contributed by atoms with E-state index in [9.17, 15) is 13.2 Å². The summed E-state index contributed by atoms with van der Waals surface area (Å²) in [7, 11) is -3.15. The van der Waals surface area contributed by atoms with Crippen LogP contribution >= 0.6 is 0 Å².